The fourth-order valence-electron chi connectivity index (χ4n) is 1.53. The smallest absolute Gasteiger partial charge is 0.303 e. The highest BCUT2D eigenvalue weighted by atomic mass is 16.4. The first-order valence-corrected chi connectivity index (χ1v) is 5.60. The average Bonchev–Trinajstić information content (AvgIpc) is 2.28. The first-order chi connectivity index (χ1) is 8.13. The van der Waals surface area contributed by atoms with Crippen LogP contribution in [0.4, 0.5) is 5.69 Å². The van der Waals surface area contributed by atoms with Crippen molar-refractivity contribution in [3.05, 3.63) is 29.3 Å². The molecule has 4 heteroatoms. The molecule has 0 aliphatic heterocycles. The minimum absolute atomic E-state index is 0.216. The monoisotopic (exact) mass is 232 g/mol. The Morgan fingerprint density at radius 2 is 2.24 bits per heavy atom. The Labute approximate surface area is 101 Å². The topological polar surface area (TPSA) is 73.1 Å². The quantitative estimate of drug-likeness (QED) is 0.739. The van der Waals surface area contributed by atoms with Crippen LogP contribution in [0.1, 0.15) is 30.4 Å². The standard InChI is InChI=1S/C13H16N2O2/c1-10-8-12(6-5-11(10)9-14)15-7-3-2-4-13(16)17/h5-6,8,15H,2-4,7H2,1H3,(H,16,17). The molecule has 90 valence electrons. The lowest BCUT2D eigenvalue weighted by Gasteiger charge is -2.07. The van der Waals surface area contributed by atoms with Gasteiger partial charge in [-0.2, -0.15) is 5.26 Å². The predicted molar refractivity (Wildman–Crippen MR) is 65.9 cm³/mol. The van der Waals surface area contributed by atoms with Crippen molar-refractivity contribution in [2.75, 3.05) is 11.9 Å². The van der Waals surface area contributed by atoms with Crippen molar-refractivity contribution in [3.63, 3.8) is 0 Å². The maximum atomic E-state index is 10.3. The van der Waals surface area contributed by atoms with Crippen LogP contribution in [0.3, 0.4) is 0 Å². The second-order valence-electron chi connectivity index (χ2n) is 3.92. The number of nitrogens with one attached hydrogen (secondary N) is 1. The molecule has 0 amide bonds. The van der Waals surface area contributed by atoms with E-state index >= 15 is 0 Å². The van der Waals surface area contributed by atoms with Gasteiger partial charge in [0.05, 0.1) is 11.6 Å². The summed E-state index contributed by atoms with van der Waals surface area (Å²) in [6.07, 6.45) is 1.72. The zero-order valence-corrected chi connectivity index (χ0v) is 9.86. The Morgan fingerprint density at radius 1 is 1.47 bits per heavy atom. The summed E-state index contributed by atoms with van der Waals surface area (Å²) in [6, 6.07) is 7.70. The molecular weight excluding hydrogens is 216 g/mol. The lowest BCUT2D eigenvalue weighted by molar-refractivity contribution is -0.137. The van der Waals surface area contributed by atoms with Gasteiger partial charge in [-0.25, -0.2) is 0 Å². The van der Waals surface area contributed by atoms with Gasteiger partial charge in [0.25, 0.3) is 0 Å². The summed E-state index contributed by atoms with van der Waals surface area (Å²) >= 11 is 0. The van der Waals surface area contributed by atoms with Crippen molar-refractivity contribution in [1.29, 1.82) is 5.26 Å². The van der Waals surface area contributed by atoms with Gasteiger partial charge in [-0.15, -0.1) is 0 Å². The van der Waals surface area contributed by atoms with Crippen LogP contribution in [-0.4, -0.2) is 17.6 Å². The number of hydrogen-bond acceptors (Lipinski definition) is 3. The first kappa shape index (κ1) is 13.0. The fraction of sp³-hybridized carbons (Fsp3) is 0.385. The molecule has 0 saturated carbocycles. The Balaban J connectivity index is 2.35. The molecule has 0 aliphatic carbocycles. The number of nitriles is 1. The molecule has 0 atom stereocenters. The van der Waals surface area contributed by atoms with Crippen molar-refractivity contribution in [2.45, 2.75) is 26.2 Å². The third kappa shape index (κ3) is 4.56. The van der Waals surface area contributed by atoms with Crippen LogP contribution in [-0.2, 0) is 4.79 Å². The zero-order valence-electron chi connectivity index (χ0n) is 9.86. The summed E-state index contributed by atoms with van der Waals surface area (Å²) in [7, 11) is 0. The van der Waals surface area contributed by atoms with Gasteiger partial charge in [-0.1, -0.05) is 0 Å². The molecule has 0 unspecified atom stereocenters. The summed E-state index contributed by atoms with van der Waals surface area (Å²) in [5, 5.41) is 20.5. The van der Waals surface area contributed by atoms with Gasteiger partial charge < -0.3 is 10.4 Å². The van der Waals surface area contributed by atoms with E-state index < -0.39 is 5.97 Å². The maximum absolute atomic E-state index is 10.3. The molecule has 0 radical (unpaired) electrons. The van der Waals surface area contributed by atoms with Crippen molar-refractivity contribution in [3.8, 4) is 6.07 Å². The molecule has 0 bridgehead atoms. The van der Waals surface area contributed by atoms with E-state index in [0.717, 1.165) is 24.2 Å². The number of carboxylic acid groups (broad SMARTS) is 1. The Hall–Kier alpha value is -2.02. The SMILES string of the molecule is Cc1cc(NCCCCC(=O)O)ccc1C#N. The van der Waals surface area contributed by atoms with E-state index in [0.29, 0.717) is 12.0 Å². The fourth-order valence-corrected chi connectivity index (χ4v) is 1.53. The number of rotatable bonds is 6. The minimum atomic E-state index is -0.751. The molecular formula is C13H16N2O2. The third-order valence-electron chi connectivity index (χ3n) is 2.49. The first-order valence-electron chi connectivity index (χ1n) is 5.60. The summed E-state index contributed by atoms with van der Waals surface area (Å²) in [5.74, 6) is -0.751. The highest BCUT2D eigenvalue weighted by molar-refractivity contribution is 5.66. The number of nitrogens with zero attached hydrogens (tertiary/aromatic N) is 1. The van der Waals surface area contributed by atoms with Gasteiger partial charge in [-0.3, -0.25) is 4.79 Å². The molecule has 0 spiro atoms. The predicted octanol–water partition coefficient (Wildman–Crippen LogP) is 2.53. The maximum Gasteiger partial charge on any atom is 0.303 e. The van der Waals surface area contributed by atoms with Crippen LogP contribution in [0.5, 0.6) is 0 Å². The summed E-state index contributed by atoms with van der Waals surface area (Å²) in [4.78, 5) is 10.3. The lowest BCUT2D eigenvalue weighted by Crippen LogP contribution is -2.03. The van der Waals surface area contributed by atoms with Gasteiger partial charge in [0, 0.05) is 18.7 Å². The average molecular weight is 232 g/mol. The molecule has 17 heavy (non-hydrogen) atoms. The molecule has 0 aromatic heterocycles. The number of unbranched alkanes of at least 4 members (excludes halogenated alkanes) is 1. The minimum Gasteiger partial charge on any atom is -0.481 e. The highest BCUT2D eigenvalue weighted by Gasteiger charge is 1.99. The number of anilines is 1. The number of aryl methyl sites for hydroxylation is 1. The second kappa shape index (κ2) is 6.54. The van der Waals surface area contributed by atoms with Crippen LogP contribution >= 0.6 is 0 Å². The van der Waals surface area contributed by atoms with Crippen molar-refractivity contribution in [2.24, 2.45) is 0 Å². The highest BCUT2D eigenvalue weighted by Crippen LogP contribution is 2.14. The number of carbonyl (C=O) groups is 1. The van der Waals surface area contributed by atoms with Crippen LogP contribution in [0.2, 0.25) is 0 Å². The number of aliphatic carboxylic acids is 1. The lowest BCUT2D eigenvalue weighted by atomic mass is 10.1. The van der Waals surface area contributed by atoms with Crippen molar-refractivity contribution in [1.82, 2.24) is 0 Å². The number of carboxylic acids is 1. The Bertz CT molecular complexity index is 436. The molecule has 0 saturated heterocycles. The summed E-state index contributed by atoms with van der Waals surface area (Å²) in [6.45, 7) is 2.65. The van der Waals surface area contributed by atoms with Gasteiger partial charge in [-0.05, 0) is 43.5 Å². The van der Waals surface area contributed by atoms with Gasteiger partial charge in [0.1, 0.15) is 0 Å². The van der Waals surface area contributed by atoms with E-state index in [-0.39, 0.29) is 6.42 Å². The Kier molecular flexibility index (Phi) is 5.02. The van der Waals surface area contributed by atoms with Crippen molar-refractivity contribution >= 4 is 11.7 Å². The van der Waals surface area contributed by atoms with E-state index in [9.17, 15) is 4.79 Å². The molecule has 1 rings (SSSR count). The van der Waals surface area contributed by atoms with Crippen molar-refractivity contribution < 1.29 is 9.90 Å². The number of benzene rings is 1. The van der Waals surface area contributed by atoms with Gasteiger partial charge in [0.2, 0.25) is 0 Å². The summed E-state index contributed by atoms with van der Waals surface area (Å²) in [5.41, 5.74) is 2.60. The largest absolute Gasteiger partial charge is 0.481 e. The third-order valence-corrected chi connectivity index (χ3v) is 2.49. The van der Waals surface area contributed by atoms with Gasteiger partial charge in [0.15, 0.2) is 0 Å². The van der Waals surface area contributed by atoms with E-state index in [1.807, 2.05) is 19.1 Å². The molecule has 1 aromatic carbocycles. The van der Waals surface area contributed by atoms with E-state index in [1.54, 1.807) is 6.07 Å². The van der Waals surface area contributed by atoms with Crippen LogP contribution in [0, 0.1) is 18.3 Å². The molecule has 0 aliphatic rings. The normalized spacial score (nSPS) is 9.65. The van der Waals surface area contributed by atoms with Gasteiger partial charge >= 0.3 is 5.97 Å². The molecule has 4 nitrogen and oxygen atoms in total. The second-order valence-corrected chi connectivity index (χ2v) is 3.92. The van der Waals surface area contributed by atoms with Crippen LogP contribution in [0.25, 0.3) is 0 Å². The van der Waals surface area contributed by atoms with E-state index in [1.165, 1.54) is 0 Å². The zero-order chi connectivity index (χ0) is 12.7. The van der Waals surface area contributed by atoms with E-state index in [2.05, 4.69) is 11.4 Å². The van der Waals surface area contributed by atoms with Crippen LogP contribution < -0.4 is 5.32 Å². The molecule has 0 heterocycles. The molecule has 1 aromatic rings. The molecule has 2 N–H and O–H groups in total. The van der Waals surface area contributed by atoms with E-state index in [4.69, 9.17) is 10.4 Å². The summed E-state index contributed by atoms with van der Waals surface area (Å²) < 4.78 is 0. The molecule has 0 fully saturated rings. The Morgan fingerprint density at radius 3 is 2.82 bits per heavy atom. The number of hydrogen-bond donors (Lipinski definition) is 2. The van der Waals surface area contributed by atoms with Crippen LogP contribution in [0.15, 0.2) is 18.2 Å².